The number of urea groups is 1. The monoisotopic (exact) mass is 467 g/mol. The van der Waals surface area contributed by atoms with E-state index >= 15 is 0 Å². The number of rotatable bonds is 4. The second kappa shape index (κ2) is 10.0. The number of aromatic nitrogens is 2. The Morgan fingerprint density at radius 2 is 1.85 bits per heavy atom. The number of nitrogens with one attached hydrogen (secondary N) is 5. The van der Waals surface area contributed by atoms with Crippen molar-refractivity contribution in [2.24, 2.45) is 0 Å². The van der Waals surface area contributed by atoms with Crippen LogP contribution in [-0.4, -0.2) is 40.3 Å². The van der Waals surface area contributed by atoms with Crippen molar-refractivity contribution >= 4 is 52.6 Å². The highest BCUT2D eigenvalue weighted by Gasteiger charge is 2.12. The highest BCUT2D eigenvalue weighted by molar-refractivity contribution is 6.32. The zero-order chi connectivity index (χ0) is 23.2. The largest absolute Gasteiger partial charge is 0.465 e. The Morgan fingerprint density at radius 3 is 2.70 bits per heavy atom. The molecule has 0 unspecified atom stereocenters. The number of hydrogen-bond donors (Lipinski definition) is 6. The van der Waals surface area contributed by atoms with E-state index in [1.807, 2.05) is 36.4 Å². The first-order valence-corrected chi connectivity index (χ1v) is 10.6. The number of fused-ring (bicyclic) bond motifs is 6. The smallest absolute Gasteiger partial charge is 0.404 e. The summed E-state index contributed by atoms with van der Waals surface area (Å²) < 4.78 is 0. The fraction of sp³-hybridized carbons (Fsp3) is 0.182. The first kappa shape index (κ1) is 22.2. The molecule has 0 saturated carbocycles. The number of hydrogen-bond acceptors (Lipinski definition) is 6. The molecule has 0 atom stereocenters. The van der Waals surface area contributed by atoms with Crippen LogP contribution >= 0.6 is 11.6 Å². The van der Waals surface area contributed by atoms with Crippen molar-refractivity contribution in [1.29, 1.82) is 0 Å². The number of anilines is 5. The lowest BCUT2D eigenvalue weighted by atomic mass is 10.0. The van der Waals surface area contributed by atoms with E-state index in [4.69, 9.17) is 16.7 Å². The number of aryl methyl sites for hydroxylation is 2. The van der Waals surface area contributed by atoms with E-state index < -0.39 is 12.1 Å². The van der Waals surface area contributed by atoms with E-state index in [-0.39, 0.29) is 13.1 Å². The topological polar surface area (TPSA) is 140 Å². The molecule has 4 rings (SSSR count). The average molecular weight is 468 g/mol. The van der Waals surface area contributed by atoms with Gasteiger partial charge in [-0.05, 0) is 54.3 Å². The third-order valence-electron chi connectivity index (χ3n) is 4.91. The fourth-order valence-corrected chi connectivity index (χ4v) is 3.51. The first-order valence-electron chi connectivity index (χ1n) is 10.3. The van der Waals surface area contributed by atoms with E-state index in [9.17, 15) is 9.59 Å². The fourth-order valence-electron chi connectivity index (χ4n) is 3.38. The number of benzene rings is 2. The molecule has 33 heavy (non-hydrogen) atoms. The highest BCUT2D eigenvalue weighted by atomic mass is 35.5. The lowest BCUT2D eigenvalue weighted by Crippen LogP contribution is -2.36. The maximum atomic E-state index is 12.3. The molecule has 0 spiro atoms. The predicted molar refractivity (Wildman–Crippen MR) is 127 cm³/mol. The third-order valence-corrected chi connectivity index (χ3v) is 5.19. The normalized spacial score (nSPS) is 12.0. The van der Waals surface area contributed by atoms with E-state index in [0.717, 1.165) is 28.9 Å². The molecule has 0 radical (unpaired) electrons. The van der Waals surface area contributed by atoms with Crippen molar-refractivity contribution in [2.45, 2.75) is 12.8 Å². The van der Waals surface area contributed by atoms with Gasteiger partial charge in [0.15, 0.2) is 5.82 Å². The number of carbonyl (C=O) groups excluding carboxylic acids is 1. The van der Waals surface area contributed by atoms with Crippen LogP contribution < -0.4 is 26.6 Å². The van der Waals surface area contributed by atoms with Crippen LogP contribution in [0.5, 0.6) is 0 Å². The molecule has 3 amide bonds. The first-order chi connectivity index (χ1) is 16.0. The van der Waals surface area contributed by atoms with Gasteiger partial charge >= 0.3 is 12.1 Å². The lowest BCUT2D eigenvalue weighted by molar-refractivity contribution is 0.194. The zero-order valence-electron chi connectivity index (χ0n) is 17.5. The van der Waals surface area contributed by atoms with Gasteiger partial charge in [-0.2, -0.15) is 4.98 Å². The lowest BCUT2D eigenvalue weighted by Gasteiger charge is -2.15. The molecule has 1 aliphatic rings. The van der Waals surface area contributed by atoms with Crippen molar-refractivity contribution in [1.82, 2.24) is 20.6 Å². The minimum Gasteiger partial charge on any atom is -0.465 e. The van der Waals surface area contributed by atoms with Gasteiger partial charge in [-0.1, -0.05) is 23.7 Å². The second-order valence-corrected chi connectivity index (χ2v) is 7.73. The van der Waals surface area contributed by atoms with Gasteiger partial charge in [0.05, 0.1) is 6.20 Å². The molecule has 1 aromatic heterocycles. The Balaban J connectivity index is 1.59. The summed E-state index contributed by atoms with van der Waals surface area (Å²) >= 11 is 6.29. The molecule has 1 aliphatic heterocycles. The molecule has 6 bridgehead atoms. The Bertz CT molecular complexity index is 1190. The number of amides is 3. The van der Waals surface area contributed by atoms with Crippen molar-refractivity contribution < 1.29 is 14.7 Å². The Kier molecular flexibility index (Phi) is 6.75. The van der Waals surface area contributed by atoms with Crippen LogP contribution in [-0.2, 0) is 12.8 Å². The van der Waals surface area contributed by atoms with Crippen molar-refractivity contribution in [3.8, 4) is 0 Å². The summed E-state index contributed by atoms with van der Waals surface area (Å²) in [6, 6.07) is 13.1. The summed E-state index contributed by atoms with van der Waals surface area (Å²) in [5.41, 5.74) is 4.31. The van der Waals surface area contributed by atoms with E-state index in [2.05, 4.69) is 36.6 Å². The highest BCUT2D eigenvalue weighted by Crippen LogP contribution is 2.29. The molecular formula is C22H22ClN7O3. The molecule has 170 valence electrons. The van der Waals surface area contributed by atoms with Gasteiger partial charge in [-0.25, -0.2) is 14.6 Å². The Morgan fingerprint density at radius 1 is 1.03 bits per heavy atom. The van der Waals surface area contributed by atoms with Gasteiger partial charge in [0.1, 0.15) is 5.02 Å². The van der Waals surface area contributed by atoms with Crippen LogP contribution in [0.3, 0.4) is 0 Å². The van der Waals surface area contributed by atoms with E-state index in [1.54, 1.807) is 6.07 Å². The Labute approximate surface area is 194 Å². The van der Waals surface area contributed by atoms with Crippen LogP contribution in [0.4, 0.5) is 38.4 Å². The van der Waals surface area contributed by atoms with Crippen molar-refractivity contribution in [3.05, 3.63) is 64.8 Å². The number of carboxylic acid groups (broad SMARTS) is 1. The standard InChI is InChI=1S/C22H22ClN7O3/c23-17-12-26-20-28-15-3-1-2-13(10-15)4-5-14-11-16(27-19(17)30-20)6-7-18(14)29-21(31)24-8-9-25-22(32)33/h1-3,6-7,10-12,25H,4-5,8-9H2,(H,32,33)(H2,24,29,31)(H2,26,27,28,30). The number of halogens is 1. The Hall–Kier alpha value is -4.05. The maximum Gasteiger partial charge on any atom is 0.404 e. The van der Waals surface area contributed by atoms with E-state index in [0.29, 0.717) is 28.9 Å². The average Bonchev–Trinajstić information content (AvgIpc) is 2.79. The van der Waals surface area contributed by atoms with Gasteiger partial charge in [-0.15, -0.1) is 0 Å². The molecule has 0 fully saturated rings. The SMILES string of the molecule is O=C(O)NCCNC(=O)Nc1ccc2cc1CCc1cccc(c1)Nc1ncc(Cl)c(n1)N2. The molecule has 0 aliphatic carbocycles. The molecule has 6 N–H and O–H groups in total. The second-order valence-electron chi connectivity index (χ2n) is 7.33. The van der Waals surface area contributed by atoms with Crippen LogP contribution in [0.1, 0.15) is 11.1 Å². The molecule has 11 heteroatoms. The molecule has 3 aromatic rings. The quantitative estimate of drug-likeness (QED) is 0.317. The van der Waals surface area contributed by atoms with Gasteiger partial charge in [-0.3, -0.25) is 0 Å². The molecule has 0 saturated heterocycles. The summed E-state index contributed by atoms with van der Waals surface area (Å²) in [5, 5.41) is 23.1. The van der Waals surface area contributed by atoms with Crippen molar-refractivity contribution in [3.63, 3.8) is 0 Å². The molecule has 2 aromatic carbocycles. The van der Waals surface area contributed by atoms with Gasteiger partial charge < -0.3 is 31.7 Å². The zero-order valence-corrected chi connectivity index (χ0v) is 18.2. The summed E-state index contributed by atoms with van der Waals surface area (Å²) in [5.74, 6) is 0.880. The summed E-state index contributed by atoms with van der Waals surface area (Å²) in [7, 11) is 0. The van der Waals surface area contributed by atoms with Crippen molar-refractivity contribution in [2.75, 3.05) is 29.0 Å². The summed E-state index contributed by atoms with van der Waals surface area (Å²) in [6.45, 7) is 0.284. The van der Waals surface area contributed by atoms with Gasteiger partial charge in [0, 0.05) is 30.2 Å². The third kappa shape index (κ3) is 6.01. The molecular weight excluding hydrogens is 446 g/mol. The number of carbonyl (C=O) groups is 2. The van der Waals surface area contributed by atoms with Crippen LogP contribution in [0.25, 0.3) is 0 Å². The minimum absolute atomic E-state index is 0.116. The van der Waals surface area contributed by atoms with Gasteiger partial charge in [0.25, 0.3) is 0 Å². The minimum atomic E-state index is -1.14. The van der Waals surface area contributed by atoms with Crippen LogP contribution in [0.2, 0.25) is 5.02 Å². The predicted octanol–water partition coefficient (Wildman–Crippen LogP) is 4.10. The van der Waals surface area contributed by atoms with Gasteiger partial charge in [0.2, 0.25) is 5.95 Å². The maximum absolute atomic E-state index is 12.3. The summed E-state index contributed by atoms with van der Waals surface area (Å²) in [4.78, 5) is 31.5. The number of nitrogens with zero attached hydrogens (tertiary/aromatic N) is 2. The molecule has 2 heterocycles. The molecule has 10 nitrogen and oxygen atoms in total. The van der Waals surface area contributed by atoms with Crippen LogP contribution in [0, 0.1) is 0 Å². The van der Waals surface area contributed by atoms with Crippen LogP contribution in [0.15, 0.2) is 48.7 Å². The summed E-state index contributed by atoms with van der Waals surface area (Å²) in [6.07, 6.45) is 1.81. The van der Waals surface area contributed by atoms with E-state index in [1.165, 1.54) is 6.20 Å².